The topological polar surface area (TPSA) is 72.1 Å². The highest BCUT2D eigenvalue weighted by molar-refractivity contribution is 5.78. The first-order chi connectivity index (χ1) is 14.6. The minimum absolute atomic E-state index is 0.0835. The van der Waals surface area contributed by atoms with Crippen molar-refractivity contribution in [2.24, 2.45) is 0 Å². The molecule has 154 valence electrons. The summed E-state index contributed by atoms with van der Waals surface area (Å²) < 4.78 is 13.1. The Balaban J connectivity index is 1.58. The zero-order chi connectivity index (χ0) is 20.9. The third-order valence-electron chi connectivity index (χ3n) is 5.60. The summed E-state index contributed by atoms with van der Waals surface area (Å²) >= 11 is 0. The van der Waals surface area contributed by atoms with Crippen LogP contribution in [0.5, 0.6) is 0 Å². The average molecular weight is 404 g/mol. The predicted molar refractivity (Wildman–Crippen MR) is 115 cm³/mol. The van der Waals surface area contributed by atoms with E-state index < -0.39 is 0 Å². The number of hydrogen-bond acceptors (Lipinski definition) is 4. The molecule has 0 radical (unpaired) electrons. The summed E-state index contributed by atoms with van der Waals surface area (Å²) in [4.78, 5) is 23.8. The molecule has 0 saturated carbocycles. The maximum Gasteiger partial charge on any atom is 0.223 e. The Morgan fingerprint density at radius 2 is 1.87 bits per heavy atom. The number of piperidine rings is 1. The van der Waals surface area contributed by atoms with Crippen LogP contribution in [0.2, 0.25) is 0 Å². The molecule has 1 amide bonds. The molecule has 1 atom stereocenters. The van der Waals surface area contributed by atoms with Gasteiger partial charge in [0.25, 0.3) is 0 Å². The Bertz CT molecular complexity index is 1010. The molecule has 1 aliphatic heterocycles. The van der Waals surface area contributed by atoms with E-state index in [1.165, 1.54) is 12.1 Å². The summed E-state index contributed by atoms with van der Waals surface area (Å²) in [5.41, 5.74) is 9.61. The zero-order valence-corrected chi connectivity index (χ0v) is 16.8. The molecule has 2 N–H and O–H groups in total. The van der Waals surface area contributed by atoms with Gasteiger partial charge in [0.05, 0.1) is 11.7 Å². The van der Waals surface area contributed by atoms with E-state index in [1.54, 1.807) is 18.3 Å². The van der Waals surface area contributed by atoms with Crippen LogP contribution in [0.1, 0.15) is 43.0 Å². The third-order valence-corrected chi connectivity index (χ3v) is 5.60. The van der Waals surface area contributed by atoms with Gasteiger partial charge in [0.2, 0.25) is 11.9 Å². The van der Waals surface area contributed by atoms with Gasteiger partial charge in [-0.3, -0.25) is 4.79 Å². The van der Waals surface area contributed by atoms with Gasteiger partial charge in [0, 0.05) is 24.7 Å². The first kappa shape index (κ1) is 20.0. The Labute approximate surface area is 175 Å². The molecule has 30 heavy (non-hydrogen) atoms. The molecule has 4 rings (SSSR count). The van der Waals surface area contributed by atoms with Crippen molar-refractivity contribution in [3.63, 3.8) is 0 Å². The normalized spacial score (nSPS) is 16.4. The lowest BCUT2D eigenvalue weighted by Crippen LogP contribution is -2.39. The number of nitrogen functional groups attached to an aromatic ring is 1. The second-order valence-electron chi connectivity index (χ2n) is 7.62. The second kappa shape index (κ2) is 9.03. The van der Waals surface area contributed by atoms with Crippen LogP contribution in [0.25, 0.3) is 11.1 Å². The zero-order valence-electron chi connectivity index (χ0n) is 16.8. The SMILES string of the molecule is Nc1ncc(-c2ccccc2)c([C@@H]2CCCCN2C(=O)CCc2ccc(F)cc2)n1. The molecule has 6 heteroatoms. The van der Waals surface area contributed by atoms with Gasteiger partial charge in [0.1, 0.15) is 5.82 Å². The number of carbonyl (C=O) groups excluding carboxylic acids is 1. The number of amides is 1. The quantitative estimate of drug-likeness (QED) is 0.677. The minimum Gasteiger partial charge on any atom is -0.368 e. The summed E-state index contributed by atoms with van der Waals surface area (Å²) in [5, 5.41) is 0. The smallest absolute Gasteiger partial charge is 0.223 e. The molecule has 0 spiro atoms. The summed E-state index contributed by atoms with van der Waals surface area (Å²) in [6.07, 6.45) is 5.56. The summed E-state index contributed by atoms with van der Waals surface area (Å²) in [7, 11) is 0. The largest absolute Gasteiger partial charge is 0.368 e. The third kappa shape index (κ3) is 4.48. The first-order valence-corrected chi connectivity index (χ1v) is 10.3. The van der Waals surface area contributed by atoms with Crippen molar-refractivity contribution in [1.29, 1.82) is 0 Å². The van der Waals surface area contributed by atoms with Gasteiger partial charge in [-0.25, -0.2) is 14.4 Å². The van der Waals surface area contributed by atoms with Crippen molar-refractivity contribution in [2.75, 3.05) is 12.3 Å². The first-order valence-electron chi connectivity index (χ1n) is 10.3. The number of hydrogen-bond donors (Lipinski definition) is 1. The molecule has 2 aromatic carbocycles. The van der Waals surface area contributed by atoms with Crippen LogP contribution in [0, 0.1) is 5.82 Å². The number of anilines is 1. The Morgan fingerprint density at radius 1 is 1.10 bits per heavy atom. The Hall–Kier alpha value is -3.28. The lowest BCUT2D eigenvalue weighted by atomic mass is 9.93. The highest BCUT2D eigenvalue weighted by Gasteiger charge is 2.31. The summed E-state index contributed by atoms with van der Waals surface area (Å²) in [6.45, 7) is 0.699. The second-order valence-corrected chi connectivity index (χ2v) is 7.62. The summed E-state index contributed by atoms with van der Waals surface area (Å²) in [5.74, 6) is 0.0325. The van der Waals surface area contributed by atoms with Crippen LogP contribution in [0.3, 0.4) is 0 Å². The van der Waals surface area contributed by atoms with Crippen molar-refractivity contribution in [2.45, 2.75) is 38.1 Å². The molecule has 0 bridgehead atoms. The lowest BCUT2D eigenvalue weighted by Gasteiger charge is -2.36. The highest BCUT2D eigenvalue weighted by atomic mass is 19.1. The van der Waals surface area contributed by atoms with E-state index in [0.29, 0.717) is 19.4 Å². The molecule has 1 aliphatic rings. The fraction of sp³-hybridized carbons (Fsp3) is 0.292. The van der Waals surface area contributed by atoms with E-state index in [-0.39, 0.29) is 23.7 Å². The molecule has 2 heterocycles. The number of aromatic nitrogens is 2. The molecule has 0 aliphatic carbocycles. The molecular formula is C24H25FN4O. The monoisotopic (exact) mass is 404 g/mol. The Morgan fingerprint density at radius 3 is 2.63 bits per heavy atom. The van der Waals surface area contributed by atoms with E-state index in [0.717, 1.165) is 41.6 Å². The fourth-order valence-electron chi connectivity index (χ4n) is 4.06. The van der Waals surface area contributed by atoms with Crippen molar-refractivity contribution in [1.82, 2.24) is 14.9 Å². The molecular weight excluding hydrogens is 379 g/mol. The Kier molecular flexibility index (Phi) is 6.02. The van der Waals surface area contributed by atoms with Gasteiger partial charge >= 0.3 is 0 Å². The predicted octanol–water partition coefficient (Wildman–Crippen LogP) is 4.55. The van der Waals surface area contributed by atoms with Gasteiger partial charge in [-0.15, -0.1) is 0 Å². The van der Waals surface area contributed by atoms with Crippen molar-refractivity contribution < 1.29 is 9.18 Å². The van der Waals surface area contributed by atoms with Gasteiger partial charge in [-0.2, -0.15) is 0 Å². The van der Waals surface area contributed by atoms with Crippen LogP contribution in [-0.2, 0) is 11.2 Å². The summed E-state index contributed by atoms with van der Waals surface area (Å²) in [6, 6.07) is 16.1. The number of carbonyl (C=O) groups is 1. The number of likely N-dealkylation sites (tertiary alicyclic amines) is 1. The molecule has 0 unspecified atom stereocenters. The number of rotatable bonds is 5. The molecule has 1 aromatic heterocycles. The molecule has 1 fully saturated rings. The van der Waals surface area contributed by atoms with Crippen LogP contribution in [0.4, 0.5) is 10.3 Å². The van der Waals surface area contributed by atoms with Gasteiger partial charge in [-0.1, -0.05) is 42.5 Å². The van der Waals surface area contributed by atoms with Crippen LogP contribution >= 0.6 is 0 Å². The number of aryl methyl sites for hydroxylation is 1. The van der Waals surface area contributed by atoms with Gasteiger partial charge in [-0.05, 0) is 48.9 Å². The number of nitrogens with two attached hydrogens (primary N) is 1. The molecule has 5 nitrogen and oxygen atoms in total. The molecule has 3 aromatic rings. The van der Waals surface area contributed by atoms with E-state index in [9.17, 15) is 9.18 Å². The standard InChI is InChI=1S/C24H25FN4O/c25-19-12-9-17(10-13-19)11-14-22(30)29-15-5-4-8-21(29)23-20(16-27-24(26)28-23)18-6-2-1-3-7-18/h1-3,6-7,9-10,12-13,16,21H,4-5,8,11,14-15H2,(H2,26,27,28)/t21-/m0/s1. The number of halogens is 1. The van der Waals surface area contributed by atoms with Crippen LogP contribution in [0.15, 0.2) is 60.8 Å². The van der Waals surface area contributed by atoms with E-state index in [4.69, 9.17) is 5.73 Å². The van der Waals surface area contributed by atoms with Crippen LogP contribution < -0.4 is 5.73 Å². The van der Waals surface area contributed by atoms with E-state index in [1.807, 2.05) is 35.2 Å². The van der Waals surface area contributed by atoms with Crippen molar-refractivity contribution >= 4 is 11.9 Å². The number of benzene rings is 2. The van der Waals surface area contributed by atoms with Gasteiger partial charge in [0.15, 0.2) is 0 Å². The fourth-order valence-corrected chi connectivity index (χ4v) is 4.06. The lowest BCUT2D eigenvalue weighted by molar-refractivity contribution is -0.135. The molecule has 1 saturated heterocycles. The number of nitrogens with zero attached hydrogens (tertiary/aromatic N) is 3. The van der Waals surface area contributed by atoms with Crippen LogP contribution in [-0.4, -0.2) is 27.3 Å². The van der Waals surface area contributed by atoms with E-state index >= 15 is 0 Å². The maximum absolute atomic E-state index is 13.1. The van der Waals surface area contributed by atoms with Crippen molar-refractivity contribution in [3.05, 3.63) is 77.9 Å². The van der Waals surface area contributed by atoms with Gasteiger partial charge < -0.3 is 10.6 Å². The van der Waals surface area contributed by atoms with Crippen molar-refractivity contribution in [3.8, 4) is 11.1 Å². The van der Waals surface area contributed by atoms with E-state index in [2.05, 4.69) is 9.97 Å². The highest BCUT2D eigenvalue weighted by Crippen LogP contribution is 2.36. The minimum atomic E-state index is -0.268. The average Bonchev–Trinajstić information content (AvgIpc) is 2.79. The maximum atomic E-state index is 13.1.